The smallest absolute Gasteiger partial charge is 0.410 e. The second kappa shape index (κ2) is 5.42. The molecule has 0 radical (unpaired) electrons. The zero-order valence-electron chi connectivity index (χ0n) is 11.0. The van der Waals surface area contributed by atoms with Crippen LogP contribution in [0.25, 0.3) is 0 Å². The van der Waals surface area contributed by atoms with Gasteiger partial charge in [0.15, 0.2) is 0 Å². The van der Waals surface area contributed by atoms with Gasteiger partial charge in [0.25, 0.3) is 0 Å². The number of hydrogen-bond donors (Lipinski definition) is 0. The Balaban J connectivity index is 2.63. The Morgan fingerprint density at radius 2 is 1.94 bits per heavy atom. The van der Waals surface area contributed by atoms with Crippen LogP contribution in [0.2, 0.25) is 0 Å². The molecule has 0 bridgehead atoms. The Kier molecular flexibility index (Phi) is 4.58. The van der Waals surface area contributed by atoms with E-state index in [0.29, 0.717) is 0 Å². The van der Waals surface area contributed by atoms with Gasteiger partial charge in [0.2, 0.25) is 0 Å². The van der Waals surface area contributed by atoms with Gasteiger partial charge in [-0.1, -0.05) is 0 Å². The zero-order valence-corrected chi connectivity index (χ0v) is 11.8. The summed E-state index contributed by atoms with van der Waals surface area (Å²) in [6.45, 7) is 5.04. The maximum atomic E-state index is 12.5. The maximum absolute atomic E-state index is 12.5. The quantitative estimate of drug-likeness (QED) is 0.740. The maximum Gasteiger partial charge on any atom is 0.410 e. The Labute approximate surface area is 108 Å². The average Bonchev–Trinajstić information content (AvgIpc) is 2.03. The first-order valence-electron chi connectivity index (χ1n) is 6.00. The van der Waals surface area contributed by atoms with Gasteiger partial charge in [0.05, 0.1) is 5.75 Å². The minimum Gasteiger partial charge on any atom is -0.444 e. The van der Waals surface area contributed by atoms with Crippen molar-refractivity contribution in [2.75, 3.05) is 12.3 Å². The first-order chi connectivity index (χ1) is 8.08. The number of carbonyl (C=O) groups is 1. The molecule has 0 unspecified atom stereocenters. The Hall–Kier alpha value is -0.850. The molecule has 1 fully saturated rings. The van der Waals surface area contributed by atoms with Crippen molar-refractivity contribution in [1.82, 2.24) is 4.90 Å². The summed E-state index contributed by atoms with van der Waals surface area (Å²) in [6, 6.07) is -0.0263. The second-order valence-electron chi connectivity index (χ2n) is 5.50. The van der Waals surface area contributed by atoms with Gasteiger partial charge in [0, 0.05) is 12.6 Å². The van der Waals surface area contributed by atoms with Crippen molar-refractivity contribution in [2.24, 2.45) is 0 Å². The molecule has 1 amide bonds. The van der Waals surface area contributed by atoms with Crippen LogP contribution in [0.4, 0.5) is 8.68 Å². The lowest BCUT2D eigenvalue weighted by Crippen LogP contribution is -2.48. The van der Waals surface area contributed by atoms with Gasteiger partial charge >= 0.3 is 16.3 Å². The van der Waals surface area contributed by atoms with Crippen molar-refractivity contribution in [2.45, 2.75) is 51.7 Å². The average molecular weight is 281 g/mol. The van der Waals surface area contributed by atoms with Crippen LogP contribution in [0.1, 0.15) is 40.0 Å². The minimum absolute atomic E-state index is 0.0263. The third-order valence-electron chi connectivity index (χ3n) is 2.72. The Morgan fingerprint density at radius 3 is 2.28 bits per heavy atom. The highest BCUT2D eigenvalue weighted by atomic mass is 32.3. The van der Waals surface area contributed by atoms with Crippen molar-refractivity contribution in [1.29, 1.82) is 0 Å². The summed E-state index contributed by atoms with van der Waals surface area (Å²) in [5.41, 5.74) is -0.645. The van der Waals surface area contributed by atoms with Crippen molar-refractivity contribution < 1.29 is 21.8 Å². The summed E-state index contributed by atoms with van der Waals surface area (Å²) in [5, 5.41) is 0. The highest BCUT2D eigenvalue weighted by Gasteiger charge is 2.32. The number of carbonyl (C=O) groups excluding carboxylic acids is 1. The number of rotatable bonds is 4. The molecule has 1 saturated carbocycles. The third kappa shape index (κ3) is 5.20. The van der Waals surface area contributed by atoms with E-state index in [1.165, 1.54) is 4.90 Å². The number of halogens is 1. The van der Waals surface area contributed by atoms with E-state index in [-0.39, 0.29) is 12.6 Å². The lowest BCUT2D eigenvalue weighted by Gasteiger charge is -2.38. The van der Waals surface area contributed by atoms with Crippen LogP contribution in [-0.4, -0.2) is 43.4 Å². The molecule has 1 aliphatic rings. The molecule has 0 N–H and O–H groups in total. The van der Waals surface area contributed by atoms with Gasteiger partial charge < -0.3 is 9.64 Å². The molecule has 106 valence electrons. The van der Waals surface area contributed by atoms with Gasteiger partial charge in [-0.3, -0.25) is 0 Å². The van der Waals surface area contributed by atoms with Crippen LogP contribution in [0.5, 0.6) is 0 Å². The topological polar surface area (TPSA) is 63.7 Å². The number of ether oxygens (including phenoxy) is 1. The highest BCUT2D eigenvalue weighted by molar-refractivity contribution is 7.86. The fourth-order valence-electron chi connectivity index (χ4n) is 1.65. The highest BCUT2D eigenvalue weighted by Crippen LogP contribution is 2.26. The minimum atomic E-state index is -4.56. The molecule has 5 nitrogen and oxygen atoms in total. The summed E-state index contributed by atoms with van der Waals surface area (Å²) < 4.78 is 38.8. The van der Waals surface area contributed by atoms with Crippen LogP contribution in [-0.2, 0) is 15.0 Å². The molecular weight excluding hydrogens is 261 g/mol. The van der Waals surface area contributed by atoms with Crippen LogP contribution in [0, 0.1) is 0 Å². The summed E-state index contributed by atoms with van der Waals surface area (Å²) in [5.74, 6) is -0.678. The number of nitrogens with zero attached hydrogens (tertiary/aromatic N) is 1. The first-order valence-corrected chi connectivity index (χ1v) is 7.56. The summed E-state index contributed by atoms with van der Waals surface area (Å²) in [6.07, 6.45) is 2.04. The van der Waals surface area contributed by atoms with Crippen molar-refractivity contribution in [3.63, 3.8) is 0 Å². The van der Waals surface area contributed by atoms with Gasteiger partial charge in [-0.05, 0) is 40.0 Å². The Morgan fingerprint density at radius 1 is 1.39 bits per heavy atom. The van der Waals surface area contributed by atoms with Crippen molar-refractivity contribution in [3.05, 3.63) is 0 Å². The van der Waals surface area contributed by atoms with E-state index in [0.717, 1.165) is 19.3 Å². The molecule has 7 heteroatoms. The Bertz CT molecular complexity index is 398. The molecule has 0 aromatic rings. The predicted molar refractivity (Wildman–Crippen MR) is 65.5 cm³/mol. The van der Waals surface area contributed by atoms with E-state index in [9.17, 15) is 17.1 Å². The number of hydrogen-bond acceptors (Lipinski definition) is 4. The van der Waals surface area contributed by atoms with E-state index in [1.54, 1.807) is 20.8 Å². The molecule has 0 heterocycles. The molecule has 0 aromatic heterocycles. The third-order valence-corrected chi connectivity index (χ3v) is 3.39. The van der Waals surface area contributed by atoms with Crippen molar-refractivity contribution >= 4 is 16.3 Å². The van der Waals surface area contributed by atoms with Crippen LogP contribution < -0.4 is 0 Å². The van der Waals surface area contributed by atoms with E-state index in [4.69, 9.17) is 4.74 Å². The van der Waals surface area contributed by atoms with Crippen LogP contribution in [0.3, 0.4) is 0 Å². The van der Waals surface area contributed by atoms with Crippen molar-refractivity contribution in [3.8, 4) is 0 Å². The summed E-state index contributed by atoms with van der Waals surface area (Å²) in [4.78, 5) is 13.2. The lowest BCUT2D eigenvalue weighted by atomic mass is 9.92. The normalized spacial score (nSPS) is 17.1. The van der Waals surface area contributed by atoms with E-state index in [1.807, 2.05) is 0 Å². The molecule has 0 saturated heterocycles. The molecule has 0 spiro atoms. The van der Waals surface area contributed by atoms with Gasteiger partial charge in [-0.25, -0.2) is 4.79 Å². The molecular formula is C11H20FNO4S. The van der Waals surface area contributed by atoms with Gasteiger partial charge in [-0.15, -0.1) is 3.89 Å². The monoisotopic (exact) mass is 281 g/mol. The first kappa shape index (κ1) is 15.2. The summed E-state index contributed by atoms with van der Waals surface area (Å²) in [7, 11) is -4.56. The number of amides is 1. The van der Waals surface area contributed by atoms with E-state index < -0.39 is 27.7 Å². The molecule has 18 heavy (non-hydrogen) atoms. The molecule has 1 rings (SSSR count). The van der Waals surface area contributed by atoms with E-state index in [2.05, 4.69) is 0 Å². The predicted octanol–water partition coefficient (Wildman–Crippen LogP) is 2.08. The molecule has 1 aliphatic carbocycles. The summed E-state index contributed by atoms with van der Waals surface area (Å²) >= 11 is 0. The molecule has 0 aliphatic heterocycles. The standard InChI is InChI=1S/C11H20FNO4S/c1-11(2,3)17-10(14)13(9-5-4-6-9)7-8-18(12,15)16/h9H,4-8H2,1-3H3. The van der Waals surface area contributed by atoms with Gasteiger partial charge in [-0.2, -0.15) is 8.42 Å². The molecule has 0 atom stereocenters. The van der Waals surface area contributed by atoms with Crippen LogP contribution >= 0.6 is 0 Å². The fourth-order valence-corrected chi connectivity index (χ4v) is 2.06. The zero-order chi connectivity index (χ0) is 14.0. The van der Waals surface area contributed by atoms with Crippen LogP contribution in [0.15, 0.2) is 0 Å². The fraction of sp³-hybridized carbons (Fsp3) is 0.909. The largest absolute Gasteiger partial charge is 0.444 e. The lowest BCUT2D eigenvalue weighted by molar-refractivity contribution is 0.00884. The SMILES string of the molecule is CC(C)(C)OC(=O)N(CCS(=O)(=O)F)C1CCC1. The van der Waals surface area contributed by atoms with Gasteiger partial charge in [0.1, 0.15) is 5.60 Å². The van der Waals surface area contributed by atoms with E-state index >= 15 is 0 Å². The second-order valence-corrected chi connectivity index (χ2v) is 6.99. The molecule has 0 aromatic carbocycles.